The maximum Gasteiger partial charge on any atom is 0.152 e. The summed E-state index contributed by atoms with van der Waals surface area (Å²) >= 11 is 0. The van der Waals surface area contributed by atoms with E-state index < -0.39 is 0 Å². The number of hydrogen-bond acceptors (Lipinski definition) is 6. The van der Waals surface area contributed by atoms with Crippen LogP contribution in [-0.2, 0) is 17.8 Å². The highest BCUT2D eigenvalue weighted by Crippen LogP contribution is 2.37. The number of allylic oxidation sites excluding steroid dienone is 3. The van der Waals surface area contributed by atoms with E-state index in [0.717, 1.165) is 69.1 Å². The zero-order valence-corrected chi connectivity index (χ0v) is 20.3. The second kappa shape index (κ2) is 9.59. The van der Waals surface area contributed by atoms with E-state index in [1.54, 1.807) is 7.11 Å². The predicted octanol–water partition coefficient (Wildman–Crippen LogP) is 4.65. The normalized spacial score (nSPS) is 22.3. The number of aromatic nitrogens is 1. The molecule has 6 rings (SSSR count). The summed E-state index contributed by atoms with van der Waals surface area (Å²) in [5, 5.41) is 1.23. The average molecular weight is 461 g/mol. The number of nitrogens with zero attached hydrogens (tertiary/aromatic N) is 4. The van der Waals surface area contributed by atoms with Crippen molar-refractivity contribution in [3.63, 3.8) is 0 Å². The number of piperazine rings is 1. The third-order valence-electron chi connectivity index (χ3n) is 8.05. The van der Waals surface area contributed by atoms with Crippen molar-refractivity contribution in [1.29, 1.82) is 0 Å². The minimum absolute atomic E-state index is 0.671. The molecule has 4 aliphatic rings. The summed E-state index contributed by atoms with van der Waals surface area (Å²) in [5.41, 5.74) is 4.99. The van der Waals surface area contributed by atoms with Crippen LogP contribution in [0.3, 0.4) is 0 Å². The Labute approximate surface area is 202 Å². The van der Waals surface area contributed by atoms with Crippen molar-refractivity contribution in [1.82, 2.24) is 19.7 Å². The minimum atomic E-state index is 0.671. The summed E-state index contributed by atoms with van der Waals surface area (Å²) in [6.45, 7) is 6.80. The number of rotatable bonds is 5. The topological polar surface area (TPSA) is 41.1 Å². The van der Waals surface area contributed by atoms with Crippen LogP contribution < -0.4 is 4.74 Å². The molecule has 2 aliphatic carbocycles. The lowest BCUT2D eigenvalue weighted by Gasteiger charge is -2.38. The standard InChI is InChI=1S/C28H36N4O2/c1-33-26-11-5-4-10-25(26)31-15-13-30(14-16-31)18-21-17-22-19-32(23-7-2-3-8-23)20-34-28(22)27-24(21)9-6-12-29-27/h4,6,9-10,12,17,23H,2-3,5,7-8,11,13-16,18-20H2,1H3. The molecule has 6 nitrogen and oxygen atoms in total. The molecule has 34 heavy (non-hydrogen) atoms. The molecule has 1 saturated heterocycles. The molecule has 3 heterocycles. The summed E-state index contributed by atoms with van der Waals surface area (Å²) in [7, 11) is 1.80. The first kappa shape index (κ1) is 21.9. The van der Waals surface area contributed by atoms with Crippen LogP contribution in [0, 0.1) is 0 Å². The van der Waals surface area contributed by atoms with Gasteiger partial charge in [-0.1, -0.05) is 25.0 Å². The number of fused-ring (bicyclic) bond motifs is 3. The molecule has 0 unspecified atom stereocenters. The lowest BCUT2D eigenvalue weighted by molar-refractivity contribution is 0.0589. The van der Waals surface area contributed by atoms with Gasteiger partial charge < -0.3 is 14.4 Å². The monoisotopic (exact) mass is 460 g/mol. The van der Waals surface area contributed by atoms with E-state index in [4.69, 9.17) is 14.5 Å². The third kappa shape index (κ3) is 4.18. The molecule has 6 heteroatoms. The maximum absolute atomic E-state index is 6.33. The fraction of sp³-hybridized carbons (Fsp3) is 0.536. The van der Waals surface area contributed by atoms with Crippen LogP contribution >= 0.6 is 0 Å². The van der Waals surface area contributed by atoms with Crippen LogP contribution in [0.4, 0.5) is 0 Å². The molecule has 2 aromatic rings. The Morgan fingerprint density at radius 2 is 2.00 bits per heavy atom. The van der Waals surface area contributed by atoms with Gasteiger partial charge in [-0.25, -0.2) is 0 Å². The van der Waals surface area contributed by atoms with Crippen molar-refractivity contribution >= 4 is 10.9 Å². The molecule has 1 aromatic carbocycles. The highest BCUT2D eigenvalue weighted by atomic mass is 16.5. The molecule has 1 saturated carbocycles. The highest BCUT2D eigenvalue weighted by molar-refractivity contribution is 5.89. The van der Waals surface area contributed by atoms with E-state index in [9.17, 15) is 0 Å². The second-order valence-corrected chi connectivity index (χ2v) is 10.1. The molecule has 0 spiro atoms. The fourth-order valence-corrected chi connectivity index (χ4v) is 6.18. The van der Waals surface area contributed by atoms with Crippen molar-refractivity contribution in [2.45, 2.75) is 57.7 Å². The average Bonchev–Trinajstić information content (AvgIpc) is 3.44. The van der Waals surface area contributed by atoms with Gasteiger partial charge in [0.1, 0.15) is 18.0 Å². The Morgan fingerprint density at radius 3 is 2.82 bits per heavy atom. The van der Waals surface area contributed by atoms with Gasteiger partial charge in [-0.15, -0.1) is 0 Å². The SMILES string of the molecule is COC1=C(N2CCN(Cc3cc4c(c5ncccc35)OCN(C3CCCC3)C4)CC2)C=CCC1. The number of methoxy groups -OCH3 is 1. The van der Waals surface area contributed by atoms with E-state index in [1.165, 1.54) is 47.9 Å². The van der Waals surface area contributed by atoms with Gasteiger partial charge in [0.25, 0.3) is 0 Å². The minimum Gasteiger partial charge on any atom is -0.499 e. The van der Waals surface area contributed by atoms with Gasteiger partial charge in [-0.05, 0) is 43.0 Å². The van der Waals surface area contributed by atoms with E-state index in [0.29, 0.717) is 12.8 Å². The molecule has 0 N–H and O–H groups in total. The smallest absolute Gasteiger partial charge is 0.152 e. The van der Waals surface area contributed by atoms with E-state index in [-0.39, 0.29) is 0 Å². The van der Waals surface area contributed by atoms with Crippen LogP contribution in [0.5, 0.6) is 5.75 Å². The van der Waals surface area contributed by atoms with Gasteiger partial charge in [0.15, 0.2) is 5.75 Å². The Balaban J connectivity index is 1.21. The molecule has 2 aliphatic heterocycles. The van der Waals surface area contributed by atoms with Crippen molar-refractivity contribution in [2.24, 2.45) is 0 Å². The quantitative estimate of drug-likeness (QED) is 0.647. The van der Waals surface area contributed by atoms with Crippen LogP contribution in [0.1, 0.15) is 49.7 Å². The Bertz CT molecular complexity index is 1100. The maximum atomic E-state index is 6.33. The summed E-state index contributed by atoms with van der Waals surface area (Å²) in [6.07, 6.45) is 13.8. The summed E-state index contributed by atoms with van der Waals surface area (Å²) < 4.78 is 12.0. The lowest BCUT2D eigenvalue weighted by atomic mass is 10.00. The molecule has 180 valence electrons. The van der Waals surface area contributed by atoms with E-state index in [1.807, 2.05) is 6.20 Å². The van der Waals surface area contributed by atoms with Gasteiger partial charge >= 0.3 is 0 Å². The van der Waals surface area contributed by atoms with Crippen molar-refractivity contribution in [3.05, 3.63) is 59.1 Å². The van der Waals surface area contributed by atoms with E-state index >= 15 is 0 Å². The first-order valence-corrected chi connectivity index (χ1v) is 13.0. The summed E-state index contributed by atoms with van der Waals surface area (Å²) in [6, 6.07) is 7.34. The van der Waals surface area contributed by atoms with Gasteiger partial charge in [-0.2, -0.15) is 0 Å². The van der Waals surface area contributed by atoms with Gasteiger partial charge in [0, 0.05) is 68.9 Å². The number of pyridine rings is 1. The molecule has 2 fully saturated rings. The Hall–Kier alpha value is -2.57. The second-order valence-electron chi connectivity index (χ2n) is 10.1. The zero-order valence-electron chi connectivity index (χ0n) is 20.3. The molecule has 0 atom stereocenters. The van der Waals surface area contributed by atoms with Crippen molar-refractivity contribution < 1.29 is 9.47 Å². The number of benzene rings is 1. The Morgan fingerprint density at radius 1 is 1.15 bits per heavy atom. The van der Waals surface area contributed by atoms with E-state index in [2.05, 4.69) is 45.1 Å². The number of hydrogen-bond donors (Lipinski definition) is 0. The molecular weight excluding hydrogens is 424 g/mol. The fourth-order valence-electron chi connectivity index (χ4n) is 6.18. The first-order chi connectivity index (χ1) is 16.8. The van der Waals surface area contributed by atoms with Gasteiger partial charge in [0.05, 0.1) is 12.8 Å². The summed E-state index contributed by atoms with van der Waals surface area (Å²) in [5.74, 6) is 2.14. The van der Waals surface area contributed by atoms with Crippen molar-refractivity contribution in [2.75, 3.05) is 40.0 Å². The first-order valence-electron chi connectivity index (χ1n) is 13.0. The molecule has 0 bridgehead atoms. The molecule has 1 aromatic heterocycles. The zero-order chi connectivity index (χ0) is 22.9. The Kier molecular flexibility index (Phi) is 6.18. The number of ether oxygens (including phenoxy) is 2. The highest BCUT2D eigenvalue weighted by Gasteiger charge is 2.29. The van der Waals surface area contributed by atoms with Gasteiger partial charge in [0.2, 0.25) is 0 Å². The third-order valence-corrected chi connectivity index (χ3v) is 8.05. The molecule has 0 radical (unpaired) electrons. The largest absolute Gasteiger partial charge is 0.499 e. The van der Waals surface area contributed by atoms with Crippen LogP contribution in [0.15, 0.2) is 48.0 Å². The van der Waals surface area contributed by atoms with Crippen molar-refractivity contribution in [3.8, 4) is 5.75 Å². The predicted molar refractivity (Wildman–Crippen MR) is 134 cm³/mol. The molecule has 0 amide bonds. The molecular formula is C28H36N4O2. The van der Waals surface area contributed by atoms with Crippen LogP contribution in [0.2, 0.25) is 0 Å². The lowest BCUT2D eigenvalue weighted by Crippen LogP contribution is -2.45. The van der Waals surface area contributed by atoms with Gasteiger partial charge in [-0.3, -0.25) is 14.8 Å². The van der Waals surface area contributed by atoms with Crippen LogP contribution in [0.25, 0.3) is 10.9 Å². The summed E-state index contributed by atoms with van der Waals surface area (Å²) in [4.78, 5) is 12.4. The van der Waals surface area contributed by atoms with Crippen LogP contribution in [-0.4, -0.2) is 65.7 Å².